The van der Waals surface area contributed by atoms with Crippen molar-refractivity contribution in [3.05, 3.63) is 29.2 Å². The SMILES string of the molecule is CC(C)CC(N)c1nc(-c2ccc(Cl)cn2)no1. The fraction of sp³-hybridized carbons (Fsp3) is 0.417. The van der Waals surface area contributed by atoms with Crippen molar-refractivity contribution in [1.82, 2.24) is 15.1 Å². The molecule has 0 fully saturated rings. The molecule has 6 heteroatoms. The number of hydrogen-bond donors (Lipinski definition) is 1. The predicted octanol–water partition coefficient (Wildman–Crippen LogP) is 2.83. The minimum Gasteiger partial charge on any atom is -0.337 e. The first-order valence-corrected chi connectivity index (χ1v) is 6.15. The standard InChI is InChI=1S/C12H15ClN4O/c1-7(2)5-9(14)12-16-11(17-18-12)10-4-3-8(13)6-15-10/h3-4,6-7,9H,5,14H2,1-2H3. The maximum Gasteiger partial charge on any atom is 0.243 e. The lowest BCUT2D eigenvalue weighted by Gasteiger charge is -2.08. The van der Waals surface area contributed by atoms with E-state index in [1.54, 1.807) is 18.3 Å². The maximum atomic E-state index is 5.97. The summed E-state index contributed by atoms with van der Waals surface area (Å²) in [6, 6.07) is 3.23. The van der Waals surface area contributed by atoms with Gasteiger partial charge in [0, 0.05) is 6.20 Å². The van der Waals surface area contributed by atoms with Crippen LogP contribution in [0.15, 0.2) is 22.9 Å². The van der Waals surface area contributed by atoms with Gasteiger partial charge in [-0.2, -0.15) is 4.98 Å². The van der Waals surface area contributed by atoms with Crippen molar-refractivity contribution in [2.45, 2.75) is 26.3 Å². The van der Waals surface area contributed by atoms with Crippen molar-refractivity contribution < 1.29 is 4.52 Å². The number of aromatic nitrogens is 3. The van der Waals surface area contributed by atoms with Crippen molar-refractivity contribution in [3.8, 4) is 11.5 Å². The van der Waals surface area contributed by atoms with Crippen LogP contribution >= 0.6 is 11.6 Å². The van der Waals surface area contributed by atoms with Crippen LogP contribution in [0, 0.1) is 5.92 Å². The molecule has 0 amide bonds. The highest BCUT2D eigenvalue weighted by molar-refractivity contribution is 6.30. The van der Waals surface area contributed by atoms with Crippen LogP contribution < -0.4 is 5.73 Å². The van der Waals surface area contributed by atoms with Gasteiger partial charge in [0.1, 0.15) is 5.69 Å². The molecule has 0 aliphatic rings. The van der Waals surface area contributed by atoms with E-state index in [1.807, 2.05) is 0 Å². The topological polar surface area (TPSA) is 77.8 Å². The number of nitrogens with two attached hydrogens (primary N) is 1. The molecular weight excluding hydrogens is 252 g/mol. The monoisotopic (exact) mass is 266 g/mol. The molecule has 1 unspecified atom stereocenters. The van der Waals surface area contributed by atoms with Crippen molar-refractivity contribution in [3.63, 3.8) is 0 Å². The van der Waals surface area contributed by atoms with Gasteiger partial charge in [0.2, 0.25) is 11.7 Å². The molecule has 18 heavy (non-hydrogen) atoms. The Kier molecular flexibility index (Phi) is 3.93. The third-order valence-corrected chi connectivity index (χ3v) is 2.66. The molecule has 1 atom stereocenters. The fourth-order valence-electron chi connectivity index (χ4n) is 1.61. The minimum absolute atomic E-state index is 0.237. The van der Waals surface area contributed by atoms with E-state index in [0.29, 0.717) is 28.3 Å². The van der Waals surface area contributed by atoms with Gasteiger partial charge < -0.3 is 10.3 Å². The average molecular weight is 267 g/mol. The maximum absolute atomic E-state index is 5.97. The third kappa shape index (κ3) is 3.05. The van der Waals surface area contributed by atoms with Crippen LogP contribution in [0.4, 0.5) is 0 Å². The van der Waals surface area contributed by atoms with Crippen molar-refractivity contribution >= 4 is 11.6 Å². The summed E-state index contributed by atoms with van der Waals surface area (Å²) in [7, 11) is 0. The molecule has 96 valence electrons. The highest BCUT2D eigenvalue weighted by Gasteiger charge is 2.17. The lowest BCUT2D eigenvalue weighted by molar-refractivity contribution is 0.335. The Bertz CT molecular complexity index is 509. The summed E-state index contributed by atoms with van der Waals surface area (Å²) in [6.45, 7) is 4.19. The zero-order chi connectivity index (χ0) is 13.1. The smallest absolute Gasteiger partial charge is 0.243 e. The van der Waals surface area contributed by atoms with Crippen molar-refractivity contribution in [1.29, 1.82) is 0 Å². The summed E-state index contributed by atoms with van der Waals surface area (Å²) in [5.41, 5.74) is 6.59. The van der Waals surface area contributed by atoms with Gasteiger partial charge in [-0.1, -0.05) is 30.6 Å². The Balaban J connectivity index is 2.17. The summed E-state index contributed by atoms with van der Waals surface area (Å²) in [5.74, 6) is 1.35. The largest absolute Gasteiger partial charge is 0.337 e. The van der Waals surface area contributed by atoms with Crippen molar-refractivity contribution in [2.24, 2.45) is 11.7 Å². The molecule has 0 saturated heterocycles. The summed E-state index contributed by atoms with van der Waals surface area (Å²) in [5, 5.41) is 4.44. The van der Waals surface area contributed by atoms with Crippen LogP contribution in [0.2, 0.25) is 5.02 Å². The minimum atomic E-state index is -0.237. The summed E-state index contributed by atoms with van der Waals surface area (Å²) in [6.07, 6.45) is 2.34. The molecule has 2 rings (SSSR count). The molecule has 0 radical (unpaired) electrons. The summed E-state index contributed by atoms with van der Waals surface area (Å²) < 4.78 is 5.15. The van der Waals surface area contributed by atoms with Crippen LogP contribution in [0.5, 0.6) is 0 Å². The van der Waals surface area contributed by atoms with Gasteiger partial charge in [-0.25, -0.2) is 0 Å². The van der Waals surface area contributed by atoms with Crippen molar-refractivity contribution in [2.75, 3.05) is 0 Å². The number of halogens is 1. The quantitative estimate of drug-likeness (QED) is 0.921. The Hall–Kier alpha value is -1.46. The van der Waals surface area contributed by atoms with Gasteiger partial charge in [0.15, 0.2) is 0 Å². The lowest BCUT2D eigenvalue weighted by Crippen LogP contribution is -2.13. The Morgan fingerprint density at radius 3 is 2.78 bits per heavy atom. The molecule has 0 bridgehead atoms. The molecule has 2 aromatic rings. The van der Waals surface area contributed by atoms with Gasteiger partial charge >= 0.3 is 0 Å². The molecule has 2 heterocycles. The third-order valence-electron chi connectivity index (χ3n) is 2.44. The molecule has 0 aromatic carbocycles. The van der Waals surface area contributed by atoms with E-state index < -0.39 is 0 Å². The molecule has 0 saturated carbocycles. The lowest BCUT2D eigenvalue weighted by atomic mass is 10.0. The predicted molar refractivity (Wildman–Crippen MR) is 68.9 cm³/mol. The number of nitrogens with zero attached hydrogens (tertiary/aromatic N) is 3. The molecule has 2 N–H and O–H groups in total. The second kappa shape index (κ2) is 5.46. The Labute approximate surface area is 110 Å². The molecule has 0 aliphatic heterocycles. The van der Waals surface area contributed by atoms with Crippen LogP contribution in [0.3, 0.4) is 0 Å². The molecule has 2 aromatic heterocycles. The molecule has 0 aliphatic carbocycles. The van der Waals surface area contributed by atoms with E-state index in [1.165, 1.54) is 0 Å². The van der Waals surface area contributed by atoms with E-state index in [4.69, 9.17) is 21.9 Å². The van der Waals surface area contributed by atoms with Crippen LogP contribution in [0.25, 0.3) is 11.5 Å². The Morgan fingerprint density at radius 2 is 2.17 bits per heavy atom. The zero-order valence-corrected chi connectivity index (χ0v) is 11.1. The fourth-order valence-corrected chi connectivity index (χ4v) is 1.72. The second-order valence-electron chi connectivity index (χ2n) is 4.55. The second-order valence-corrected chi connectivity index (χ2v) is 4.99. The van der Waals surface area contributed by atoms with E-state index in [2.05, 4.69) is 29.0 Å². The summed E-state index contributed by atoms with van der Waals surface area (Å²) >= 11 is 5.77. The number of rotatable bonds is 4. The van der Waals surface area contributed by atoms with E-state index in [0.717, 1.165) is 6.42 Å². The molecule has 0 spiro atoms. The first kappa shape index (κ1) is 13.0. The first-order chi connectivity index (χ1) is 8.56. The molecular formula is C12H15ClN4O. The Morgan fingerprint density at radius 1 is 1.39 bits per heavy atom. The van der Waals surface area contributed by atoms with Gasteiger partial charge in [-0.05, 0) is 24.5 Å². The summed E-state index contributed by atoms with van der Waals surface area (Å²) in [4.78, 5) is 8.38. The van der Waals surface area contributed by atoms with Crippen LogP contribution in [-0.4, -0.2) is 15.1 Å². The van der Waals surface area contributed by atoms with Crippen LogP contribution in [-0.2, 0) is 0 Å². The first-order valence-electron chi connectivity index (χ1n) is 5.77. The normalized spacial score (nSPS) is 12.9. The van der Waals surface area contributed by atoms with Crippen LogP contribution in [0.1, 0.15) is 32.2 Å². The van der Waals surface area contributed by atoms with Gasteiger partial charge in [0.05, 0.1) is 11.1 Å². The number of hydrogen-bond acceptors (Lipinski definition) is 5. The molecule has 5 nitrogen and oxygen atoms in total. The van der Waals surface area contributed by atoms with E-state index >= 15 is 0 Å². The van der Waals surface area contributed by atoms with E-state index in [-0.39, 0.29) is 6.04 Å². The zero-order valence-electron chi connectivity index (χ0n) is 10.3. The highest BCUT2D eigenvalue weighted by Crippen LogP contribution is 2.20. The highest BCUT2D eigenvalue weighted by atomic mass is 35.5. The van der Waals surface area contributed by atoms with Gasteiger partial charge in [-0.3, -0.25) is 4.98 Å². The number of pyridine rings is 1. The average Bonchev–Trinajstić information content (AvgIpc) is 2.78. The van der Waals surface area contributed by atoms with Gasteiger partial charge in [-0.15, -0.1) is 0 Å². The van der Waals surface area contributed by atoms with Gasteiger partial charge in [0.25, 0.3) is 0 Å². The van der Waals surface area contributed by atoms with E-state index in [9.17, 15) is 0 Å².